The first-order valence-corrected chi connectivity index (χ1v) is 6.60. The van der Waals surface area contributed by atoms with E-state index in [1.54, 1.807) is 25.2 Å². The standard InChI is InChI=1S/C14H17ClN2O2/c1-14(13(19)16-2)6-7-17(9-14)12-10(8-18)4-3-5-11(12)15/h3-5,8H,6-7,9H2,1-2H3,(H,16,19). The van der Waals surface area contributed by atoms with Crippen molar-refractivity contribution in [1.82, 2.24) is 5.32 Å². The fourth-order valence-electron chi connectivity index (χ4n) is 2.60. The number of carbonyl (C=O) groups is 2. The van der Waals surface area contributed by atoms with E-state index < -0.39 is 5.41 Å². The molecule has 1 fully saturated rings. The first-order chi connectivity index (χ1) is 9.01. The molecule has 0 radical (unpaired) electrons. The minimum atomic E-state index is -0.436. The predicted octanol–water partition coefficient (Wildman–Crippen LogP) is 2.11. The van der Waals surface area contributed by atoms with E-state index in [0.29, 0.717) is 23.7 Å². The number of nitrogens with zero attached hydrogens (tertiary/aromatic N) is 1. The summed E-state index contributed by atoms with van der Waals surface area (Å²) in [5, 5.41) is 3.24. The Morgan fingerprint density at radius 3 is 2.89 bits per heavy atom. The average Bonchev–Trinajstić information content (AvgIpc) is 2.80. The number of nitrogens with one attached hydrogen (secondary N) is 1. The van der Waals surface area contributed by atoms with Crippen LogP contribution in [0.5, 0.6) is 0 Å². The SMILES string of the molecule is CNC(=O)C1(C)CCN(c2c(Cl)cccc2C=O)C1. The molecule has 1 N–H and O–H groups in total. The Morgan fingerprint density at radius 2 is 2.26 bits per heavy atom. The number of halogens is 1. The van der Waals surface area contributed by atoms with Crippen LogP contribution in [0.2, 0.25) is 5.02 Å². The molecule has 0 saturated carbocycles. The minimum absolute atomic E-state index is 0.0229. The van der Waals surface area contributed by atoms with Crippen molar-refractivity contribution in [3.05, 3.63) is 28.8 Å². The maximum absolute atomic E-state index is 11.9. The van der Waals surface area contributed by atoms with E-state index in [9.17, 15) is 9.59 Å². The lowest BCUT2D eigenvalue weighted by molar-refractivity contribution is -0.128. The van der Waals surface area contributed by atoms with Gasteiger partial charge in [-0.3, -0.25) is 9.59 Å². The molecule has 1 aliphatic rings. The van der Waals surface area contributed by atoms with Crippen molar-refractivity contribution < 1.29 is 9.59 Å². The van der Waals surface area contributed by atoms with Crippen LogP contribution in [0, 0.1) is 5.41 Å². The largest absolute Gasteiger partial charge is 0.369 e. The van der Waals surface area contributed by atoms with E-state index in [-0.39, 0.29) is 5.91 Å². The maximum atomic E-state index is 11.9. The molecule has 0 spiro atoms. The fourth-order valence-corrected chi connectivity index (χ4v) is 2.90. The van der Waals surface area contributed by atoms with Gasteiger partial charge >= 0.3 is 0 Å². The summed E-state index contributed by atoms with van der Waals surface area (Å²) >= 11 is 6.19. The summed E-state index contributed by atoms with van der Waals surface area (Å²) in [4.78, 5) is 25.1. The lowest BCUT2D eigenvalue weighted by atomic mass is 9.89. The Bertz CT molecular complexity index is 518. The van der Waals surface area contributed by atoms with Crippen LogP contribution in [0.1, 0.15) is 23.7 Å². The fraction of sp³-hybridized carbons (Fsp3) is 0.429. The van der Waals surface area contributed by atoms with E-state index in [2.05, 4.69) is 5.32 Å². The van der Waals surface area contributed by atoms with E-state index in [1.165, 1.54) is 0 Å². The topological polar surface area (TPSA) is 49.4 Å². The molecule has 4 nitrogen and oxygen atoms in total. The van der Waals surface area contributed by atoms with Gasteiger partial charge in [0.2, 0.25) is 5.91 Å². The molecule has 1 atom stereocenters. The molecule has 102 valence electrons. The van der Waals surface area contributed by atoms with Crippen molar-refractivity contribution in [1.29, 1.82) is 0 Å². The second-order valence-electron chi connectivity index (χ2n) is 5.11. The molecule has 1 aromatic rings. The third-order valence-electron chi connectivity index (χ3n) is 3.71. The van der Waals surface area contributed by atoms with Gasteiger partial charge in [-0.2, -0.15) is 0 Å². The highest BCUT2D eigenvalue weighted by atomic mass is 35.5. The molecule has 1 aliphatic heterocycles. The van der Waals surface area contributed by atoms with E-state index >= 15 is 0 Å². The number of para-hydroxylation sites is 1. The second-order valence-corrected chi connectivity index (χ2v) is 5.51. The Labute approximate surface area is 117 Å². The summed E-state index contributed by atoms with van der Waals surface area (Å²) in [5.74, 6) is 0.0229. The molecule has 0 aromatic heterocycles. The third-order valence-corrected chi connectivity index (χ3v) is 4.01. The summed E-state index contributed by atoms with van der Waals surface area (Å²) in [6.45, 7) is 3.22. The van der Waals surface area contributed by atoms with Crippen molar-refractivity contribution >= 4 is 29.5 Å². The van der Waals surface area contributed by atoms with Crippen LogP contribution in [0.4, 0.5) is 5.69 Å². The lowest BCUT2D eigenvalue weighted by Gasteiger charge is -2.25. The summed E-state index contributed by atoms with van der Waals surface area (Å²) in [5.41, 5.74) is 0.856. The van der Waals surface area contributed by atoms with E-state index in [0.717, 1.165) is 18.4 Å². The van der Waals surface area contributed by atoms with Gasteiger partial charge in [-0.1, -0.05) is 17.7 Å². The van der Waals surface area contributed by atoms with Crippen molar-refractivity contribution in [2.24, 2.45) is 5.41 Å². The Hall–Kier alpha value is -1.55. The molecule has 1 unspecified atom stereocenters. The lowest BCUT2D eigenvalue weighted by Crippen LogP contribution is -2.39. The number of hydrogen-bond donors (Lipinski definition) is 1. The van der Waals surface area contributed by atoms with Crippen LogP contribution >= 0.6 is 11.6 Å². The van der Waals surface area contributed by atoms with Gasteiger partial charge in [-0.15, -0.1) is 0 Å². The van der Waals surface area contributed by atoms with E-state index in [1.807, 2.05) is 11.8 Å². The summed E-state index contributed by atoms with van der Waals surface area (Å²) in [6.07, 6.45) is 1.55. The van der Waals surface area contributed by atoms with Crippen LogP contribution in [-0.4, -0.2) is 32.3 Å². The molecule has 1 saturated heterocycles. The molecular formula is C14H17ClN2O2. The number of anilines is 1. The predicted molar refractivity (Wildman–Crippen MR) is 75.8 cm³/mol. The molecule has 19 heavy (non-hydrogen) atoms. The minimum Gasteiger partial charge on any atom is -0.369 e. The van der Waals surface area contributed by atoms with Crippen LogP contribution < -0.4 is 10.2 Å². The van der Waals surface area contributed by atoms with Crippen molar-refractivity contribution in [3.8, 4) is 0 Å². The average molecular weight is 281 g/mol. The number of aldehydes is 1. The quantitative estimate of drug-likeness (QED) is 0.863. The summed E-state index contributed by atoms with van der Waals surface area (Å²) in [6, 6.07) is 5.26. The first kappa shape index (κ1) is 13.9. The van der Waals surface area contributed by atoms with Gasteiger partial charge < -0.3 is 10.2 Å². The highest BCUT2D eigenvalue weighted by Gasteiger charge is 2.40. The highest BCUT2D eigenvalue weighted by Crippen LogP contribution is 2.37. The number of carbonyl (C=O) groups excluding carboxylic acids is 2. The van der Waals surface area contributed by atoms with E-state index in [4.69, 9.17) is 11.6 Å². The summed E-state index contributed by atoms with van der Waals surface area (Å²) in [7, 11) is 1.64. The van der Waals surface area contributed by atoms with Gasteiger partial charge in [0.05, 0.1) is 16.1 Å². The van der Waals surface area contributed by atoms with Crippen molar-refractivity contribution in [2.75, 3.05) is 25.0 Å². The van der Waals surface area contributed by atoms with Gasteiger partial charge in [0.25, 0.3) is 0 Å². The zero-order valence-electron chi connectivity index (χ0n) is 11.1. The molecule has 0 bridgehead atoms. The van der Waals surface area contributed by atoms with Crippen LogP contribution in [0.25, 0.3) is 0 Å². The molecular weight excluding hydrogens is 264 g/mol. The zero-order chi connectivity index (χ0) is 14.0. The molecule has 5 heteroatoms. The number of rotatable bonds is 3. The third kappa shape index (κ3) is 2.45. The first-order valence-electron chi connectivity index (χ1n) is 6.22. The smallest absolute Gasteiger partial charge is 0.227 e. The van der Waals surface area contributed by atoms with Gasteiger partial charge in [-0.05, 0) is 25.5 Å². The van der Waals surface area contributed by atoms with Crippen LogP contribution in [0.3, 0.4) is 0 Å². The normalized spacial score (nSPS) is 22.4. The molecule has 1 heterocycles. The number of hydrogen-bond acceptors (Lipinski definition) is 3. The van der Waals surface area contributed by atoms with Gasteiger partial charge in [0.15, 0.2) is 6.29 Å². The van der Waals surface area contributed by atoms with Gasteiger partial charge in [0, 0.05) is 25.7 Å². The Morgan fingerprint density at radius 1 is 1.53 bits per heavy atom. The van der Waals surface area contributed by atoms with Crippen molar-refractivity contribution in [3.63, 3.8) is 0 Å². The molecule has 0 aliphatic carbocycles. The van der Waals surface area contributed by atoms with Gasteiger partial charge in [0.1, 0.15) is 0 Å². The highest BCUT2D eigenvalue weighted by molar-refractivity contribution is 6.34. The second kappa shape index (κ2) is 5.21. The van der Waals surface area contributed by atoms with Crippen molar-refractivity contribution in [2.45, 2.75) is 13.3 Å². The van der Waals surface area contributed by atoms with Gasteiger partial charge in [-0.25, -0.2) is 0 Å². The molecule has 2 rings (SSSR count). The van der Waals surface area contributed by atoms with Crippen LogP contribution in [-0.2, 0) is 4.79 Å². The Kier molecular flexibility index (Phi) is 3.80. The Balaban J connectivity index is 2.31. The zero-order valence-corrected chi connectivity index (χ0v) is 11.8. The monoisotopic (exact) mass is 280 g/mol. The molecule has 1 aromatic carbocycles. The number of amides is 1. The summed E-state index contributed by atoms with van der Waals surface area (Å²) < 4.78 is 0. The number of benzene rings is 1. The molecule has 1 amide bonds. The maximum Gasteiger partial charge on any atom is 0.227 e. The van der Waals surface area contributed by atoms with Crippen LogP contribution in [0.15, 0.2) is 18.2 Å².